The van der Waals surface area contributed by atoms with Gasteiger partial charge in [-0.2, -0.15) is 0 Å². The number of amides is 1. The van der Waals surface area contributed by atoms with Crippen molar-refractivity contribution in [3.63, 3.8) is 0 Å². The molecule has 0 bridgehead atoms. The van der Waals surface area contributed by atoms with E-state index in [1.54, 1.807) is 24.3 Å². The fourth-order valence-corrected chi connectivity index (χ4v) is 4.18. The number of nitrogens with one attached hydrogen (secondary N) is 1. The van der Waals surface area contributed by atoms with Gasteiger partial charge in [-0.25, -0.2) is 8.42 Å². The Morgan fingerprint density at radius 2 is 1.90 bits per heavy atom. The van der Waals surface area contributed by atoms with Crippen LogP contribution in [0.5, 0.6) is 0 Å². The van der Waals surface area contributed by atoms with Crippen molar-refractivity contribution in [2.24, 2.45) is 0 Å². The molecule has 2 N–H and O–H groups in total. The molecule has 3 rings (SSSR count). The maximum absolute atomic E-state index is 12.6. The summed E-state index contributed by atoms with van der Waals surface area (Å²) >= 11 is 0. The standard InChI is InChI=1S/C14H14N2O4S/c17-8-7-15-13(18)9-16-11-5-1-3-10-4-2-6-12(14(10)11)21(16,19)20/h1-6,17H,7-9H2,(H,15,18). The molecular weight excluding hydrogens is 292 g/mol. The molecule has 21 heavy (non-hydrogen) atoms. The van der Waals surface area contributed by atoms with Gasteiger partial charge in [0, 0.05) is 11.9 Å². The van der Waals surface area contributed by atoms with E-state index < -0.39 is 15.9 Å². The SMILES string of the molecule is O=C(CN1c2cccc3cccc(c23)S1(=O)=O)NCCO. The molecule has 1 amide bonds. The lowest BCUT2D eigenvalue weighted by Gasteiger charge is -2.18. The van der Waals surface area contributed by atoms with Gasteiger partial charge in [-0.1, -0.05) is 24.3 Å². The number of carbonyl (C=O) groups excluding carboxylic acids is 1. The van der Waals surface area contributed by atoms with Crippen LogP contribution in [0.15, 0.2) is 41.3 Å². The zero-order chi connectivity index (χ0) is 15.0. The third-order valence-corrected chi connectivity index (χ3v) is 5.20. The Labute approximate surface area is 122 Å². The highest BCUT2D eigenvalue weighted by atomic mass is 32.2. The lowest BCUT2D eigenvalue weighted by molar-refractivity contribution is -0.119. The highest BCUT2D eigenvalue weighted by Crippen LogP contribution is 2.41. The van der Waals surface area contributed by atoms with Gasteiger partial charge in [0.05, 0.1) is 17.2 Å². The number of hydrogen-bond donors (Lipinski definition) is 2. The Kier molecular flexibility index (Phi) is 3.30. The van der Waals surface area contributed by atoms with Crippen molar-refractivity contribution in [1.82, 2.24) is 5.32 Å². The molecule has 0 radical (unpaired) electrons. The highest BCUT2D eigenvalue weighted by molar-refractivity contribution is 7.93. The van der Waals surface area contributed by atoms with Crippen LogP contribution in [0.1, 0.15) is 0 Å². The van der Waals surface area contributed by atoms with E-state index in [0.29, 0.717) is 11.1 Å². The lowest BCUT2D eigenvalue weighted by Crippen LogP contribution is -2.39. The number of aliphatic hydroxyl groups excluding tert-OH is 1. The summed E-state index contributed by atoms with van der Waals surface area (Å²) in [6.07, 6.45) is 0. The Morgan fingerprint density at radius 3 is 2.62 bits per heavy atom. The fraction of sp³-hybridized carbons (Fsp3) is 0.214. The largest absolute Gasteiger partial charge is 0.395 e. The van der Waals surface area contributed by atoms with E-state index in [2.05, 4.69) is 5.32 Å². The van der Waals surface area contributed by atoms with Gasteiger partial charge in [-0.15, -0.1) is 0 Å². The summed E-state index contributed by atoms with van der Waals surface area (Å²) in [5, 5.41) is 12.6. The van der Waals surface area contributed by atoms with Gasteiger partial charge in [0.2, 0.25) is 5.91 Å². The van der Waals surface area contributed by atoms with E-state index in [4.69, 9.17) is 5.11 Å². The van der Waals surface area contributed by atoms with Crippen LogP contribution in [0, 0.1) is 0 Å². The molecule has 1 heterocycles. The van der Waals surface area contributed by atoms with Crippen LogP contribution in [0.2, 0.25) is 0 Å². The number of hydrogen-bond acceptors (Lipinski definition) is 4. The van der Waals surface area contributed by atoms with Crippen molar-refractivity contribution >= 4 is 32.4 Å². The first-order valence-electron chi connectivity index (χ1n) is 6.48. The molecular formula is C14H14N2O4S. The molecule has 0 aliphatic carbocycles. The smallest absolute Gasteiger partial charge is 0.265 e. The fourth-order valence-electron chi connectivity index (χ4n) is 2.51. The second kappa shape index (κ2) is 5.01. The Balaban J connectivity index is 2.05. The van der Waals surface area contributed by atoms with E-state index in [1.165, 1.54) is 0 Å². The highest BCUT2D eigenvalue weighted by Gasteiger charge is 2.36. The van der Waals surface area contributed by atoms with Crippen LogP contribution in [0.4, 0.5) is 5.69 Å². The minimum Gasteiger partial charge on any atom is -0.395 e. The molecule has 2 aromatic rings. The minimum atomic E-state index is -3.71. The van der Waals surface area contributed by atoms with E-state index >= 15 is 0 Å². The van der Waals surface area contributed by atoms with Crippen molar-refractivity contribution in [1.29, 1.82) is 0 Å². The van der Waals surface area contributed by atoms with Gasteiger partial charge in [-0.05, 0) is 17.5 Å². The molecule has 1 aliphatic heterocycles. The number of benzene rings is 2. The molecule has 110 valence electrons. The quantitative estimate of drug-likeness (QED) is 0.859. The second-order valence-corrected chi connectivity index (χ2v) is 6.55. The summed E-state index contributed by atoms with van der Waals surface area (Å²) < 4.78 is 26.3. The third-order valence-electron chi connectivity index (χ3n) is 3.40. The molecule has 0 saturated carbocycles. The van der Waals surface area contributed by atoms with Crippen LogP contribution >= 0.6 is 0 Å². The zero-order valence-electron chi connectivity index (χ0n) is 11.1. The van der Waals surface area contributed by atoms with Crippen LogP contribution < -0.4 is 9.62 Å². The number of carbonyl (C=O) groups is 1. The molecule has 0 atom stereocenters. The van der Waals surface area contributed by atoms with E-state index in [-0.39, 0.29) is 24.6 Å². The van der Waals surface area contributed by atoms with E-state index in [0.717, 1.165) is 9.69 Å². The van der Waals surface area contributed by atoms with Crippen LogP contribution in [-0.4, -0.2) is 39.1 Å². The Bertz CT molecular complexity index is 812. The zero-order valence-corrected chi connectivity index (χ0v) is 11.9. The number of nitrogens with zero attached hydrogens (tertiary/aromatic N) is 1. The van der Waals surface area contributed by atoms with Crippen molar-refractivity contribution in [2.75, 3.05) is 24.0 Å². The third kappa shape index (κ3) is 2.14. The summed E-state index contributed by atoms with van der Waals surface area (Å²) in [5.41, 5.74) is 0.516. The first kappa shape index (κ1) is 13.8. The van der Waals surface area contributed by atoms with Crippen molar-refractivity contribution in [2.45, 2.75) is 4.90 Å². The molecule has 6 nitrogen and oxygen atoms in total. The van der Waals surface area contributed by atoms with Gasteiger partial charge in [0.25, 0.3) is 10.0 Å². The number of sulfonamides is 1. The molecule has 7 heteroatoms. The summed E-state index contributed by atoms with van der Waals surface area (Å²) in [6.45, 7) is -0.381. The van der Waals surface area contributed by atoms with Gasteiger partial charge in [0.15, 0.2) is 0 Å². The molecule has 2 aromatic carbocycles. The molecule has 1 aliphatic rings. The van der Waals surface area contributed by atoms with Crippen molar-refractivity contribution in [3.05, 3.63) is 36.4 Å². The predicted octanol–water partition coefficient (Wildman–Crippen LogP) is 0.457. The van der Waals surface area contributed by atoms with E-state index in [9.17, 15) is 13.2 Å². The van der Waals surface area contributed by atoms with Crippen molar-refractivity contribution in [3.8, 4) is 0 Å². The summed E-state index contributed by atoms with van der Waals surface area (Å²) in [7, 11) is -3.71. The number of anilines is 1. The minimum absolute atomic E-state index is 0.101. The maximum Gasteiger partial charge on any atom is 0.265 e. The van der Waals surface area contributed by atoms with Gasteiger partial charge >= 0.3 is 0 Å². The Hall–Kier alpha value is -2.12. The molecule has 0 unspecified atom stereocenters. The molecule has 0 fully saturated rings. The predicted molar refractivity (Wildman–Crippen MR) is 78.6 cm³/mol. The van der Waals surface area contributed by atoms with Crippen molar-refractivity contribution < 1.29 is 18.3 Å². The summed E-state index contributed by atoms with van der Waals surface area (Å²) in [6, 6.07) is 10.4. The average molecular weight is 306 g/mol. The summed E-state index contributed by atoms with van der Waals surface area (Å²) in [5.74, 6) is -0.447. The van der Waals surface area contributed by atoms with Crippen LogP contribution in [0.25, 0.3) is 10.8 Å². The first-order valence-corrected chi connectivity index (χ1v) is 7.92. The van der Waals surface area contributed by atoms with E-state index in [1.807, 2.05) is 12.1 Å². The number of rotatable bonds is 4. The van der Waals surface area contributed by atoms with Gasteiger partial charge < -0.3 is 10.4 Å². The molecule has 0 aromatic heterocycles. The van der Waals surface area contributed by atoms with Crippen LogP contribution in [0.3, 0.4) is 0 Å². The first-order chi connectivity index (χ1) is 10.1. The van der Waals surface area contributed by atoms with Gasteiger partial charge in [-0.3, -0.25) is 9.10 Å². The summed E-state index contributed by atoms with van der Waals surface area (Å²) in [4.78, 5) is 12.0. The second-order valence-electron chi connectivity index (χ2n) is 4.72. The maximum atomic E-state index is 12.6. The van der Waals surface area contributed by atoms with Gasteiger partial charge in [0.1, 0.15) is 6.54 Å². The van der Waals surface area contributed by atoms with Crippen LogP contribution in [-0.2, 0) is 14.8 Å². The molecule has 0 spiro atoms. The average Bonchev–Trinajstić information content (AvgIpc) is 2.69. The Morgan fingerprint density at radius 1 is 1.19 bits per heavy atom. The number of aliphatic hydroxyl groups is 1. The monoisotopic (exact) mass is 306 g/mol. The molecule has 0 saturated heterocycles. The topological polar surface area (TPSA) is 86.7 Å². The normalized spacial score (nSPS) is 15.4. The lowest BCUT2D eigenvalue weighted by atomic mass is 10.1.